The second-order valence-corrected chi connectivity index (χ2v) is 62.7. The fourth-order valence-corrected chi connectivity index (χ4v) is 46.2. The van der Waals surface area contributed by atoms with Crippen LogP contribution in [0.4, 0.5) is 0 Å². The van der Waals surface area contributed by atoms with Crippen LogP contribution in [0.2, 0.25) is 87.6 Å². The predicted molar refractivity (Wildman–Crippen MR) is 489 cm³/mol. The van der Waals surface area contributed by atoms with Gasteiger partial charge in [-0.3, -0.25) is 0 Å². The lowest BCUT2D eigenvalue weighted by molar-refractivity contribution is 0.00578. The highest BCUT2D eigenvalue weighted by molar-refractivity contribution is 6.90. The van der Waals surface area contributed by atoms with E-state index in [1.54, 1.807) is 85.4 Å². The Morgan fingerprint density at radius 2 is 0.537 bits per heavy atom. The minimum Gasteiger partial charge on any atom is -0.411 e. The maximum atomic E-state index is 11.1. The van der Waals surface area contributed by atoms with Crippen LogP contribution >= 0.6 is 0 Å². The second kappa shape index (κ2) is 62.3. The summed E-state index contributed by atoms with van der Waals surface area (Å²) in [6.07, 6.45) is -0.0685. The van der Waals surface area contributed by atoms with Crippen molar-refractivity contribution in [3.05, 3.63) is 152 Å². The van der Waals surface area contributed by atoms with Gasteiger partial charge in [0.15, 0.2) is 0 Å². The summed E-state index contributed by atoms with van der Waals surface area (Å²) in [5, 5.41) is 93.9. The van der Waals surface area contributed by atoms with Crippen molar-refractivity contribution in [2.45, 2.75) is 184 Å². The predicted octanol–water partition coefficient (Wildman–Crippen LogP) is 3.32. The van der Waals surface area contributed by atoms with Gasteiger partial charge in [0.05, 0.1) is 66.1 Å². The lowest BCUT2D eigenvalue weighted by atomic mass is 10.3. The van der Waals surface area contributed by atoms with Gasteiger partial charge in [0.1, 0.15) is 30.5 Å². The Balaban J connectivity index is 0.000000757. The molecule has 5 aromatic carbocycles. The van der Waals surface area contributed by atoms with Crippen molar-refractivity contribution >= 4 is 112 Å². The van der Waals surface area contributed by atoms with Gasteiger partial charge in [0.25, 0.3) is 0 Å². The van der Waals surface area contributed by atoms with Crippen molar-refractivity contribution < 1.29 is 146 Å². The fourth-order valence-electron chi connectivity index (χ4n) is 12.3. The third-order valence-electron chi connectivity index (χ3n) is 19.1. The van der Waals surface area contributed by atoms with Crippen LogP contribution in [0.3, 0.4) is 0 Å². The van der Waals surface area contributed by atoms with Crippen LogP contribution in [0, 0.1) is 5.92 Å². The van der Waals surface area contributed by atoms with Crippen molar-refractivity contribution in [2.24, 2.45) is 5.92 Å². The van der Waals surface area contributed by atoms with Gasteiger partial charge in [-0.1, -0.05) is 186 Å². The molecule has 16 N–H and O–H groups in total. The molecule has 15 unspecified atom stereocenters. The molecule has 121 heavy (non-hydrogen) atoms. The molecular weight excluding hydrogens is 1740 g/mol. The molecule has 0 aliphatic rings. The van der Waals surface area contributed by atoms with Gasteiger partial charge in [0.2, 0.25) is 0 Å². The molecular formula is C80H150O31Si10. The molecule has 0 bridgehead atoms. The average molecular weight is 1890 g/mol. The Kier molecular flexibility index (Phi) is 59.7. The molecule has 0 radical (unpaired) electrons. The van der Waals surface area contributed by atoms with E-state index < -0.39 is 116 Å². The number of hydrogen-bond donors (Lipinski definition) is 16. The largest absolute Gasteiger partial charge is 0.489 e. The summed E-state index contributed by atoms with van der Waals surface area (Å²) in [4.78, 5) is 64.7. The molecule has 41 heteroatoms. The molecule has 5 rings (SSSR count). The third kappa shape index (κ3) is 48.3. The molecule has 0 aliphatic carbocycles. The monoisotopic (exact) mass is 1890 g/mol. The van der Waals surface area contributed by atoms with Gasteiger partial charge in [-0.05, 0) is 146 Å². The fraction of sp³-hybridized carbons (Fsp3) is 0.625. The van der Waals surface area contributed by atoms with Crippen molar-refractivity contribution in [3.63, 3.8) is 0 Å². The summed E-state index contributed by atoms with van der Waals surface area (Å²) in [6.45, 7) is 19.9. The van der Waals surface area contributed by atoms with E-state index in [-0.39, 0.29) is 78.7 Å². The number of aliphatic hydroxyl groups is 10. The van der Waals surface area contributed by atoms with E-state index >= 15 is 0 Å². The zero-order chi connectivity index (χ0) is 91.1. The van der Waals surface area contributed by atoms with Crippen molar-refractivity contribution in [1.29, 1.82) is 0 Å². The standard InChI is InChI=1S/C18H34O6Si2.C17H32O6Si2.C16H30O6Si2.C15H28O6Si2.C14H26O7Si2/c1-16(2)15-26(22-3,12-8-11-23-14-17(20)13-19)24-25(4,21)18-9-6-5-7-10-18;1-4-12-25(21-2,13-8-11-22-15-16(19)14-18)23-24(3,20)17-9-6-5-7-10-17;1-4-24(20-2,12-8-11-21-14-15(18)13-17)22-23(3,19)16-9-6-5-7-10-16;1-19-22(2,11-7-10-20-13-14(17)12-16)21-23(3,18)15-8-5-4-6-9-15;1-19-23(18,10-6-9-20-12-13(16)11-15)21-22(2,17)14-7-4-3-5-8-14/h5-7,9-10,16-17,19-21H,8,11-15H2,1-4H3;5-7,9-10,16,18-20H,4,8,11-15H2,1-3H3;5-7,9-10,15,17-19H,4,8,11-14H2,1-3H3;4-6,8-9,14,16-18H,7,10-13H2,1-3H3;3-5,7-8,13,15-18H,6,9-12H2,1-2H3. The number of rotatable bonds is 60. The SMILES string of the molecule is CCC[Si](CCCOCC(O)CO)(OC)O[Si](C)(O)c1ccccc1.CC[Si](CCCOCC(O)CO)(OC)O[Si](C)(O)c1ccccc1.CO[Si](C)(CCCOCC(O)CO)O[Si](C)(O)c1ccccc1.CO[Si](CCCOCC(O)CO)(CC(C)C)O[Si](C)(O)c1ccccc1.CO[Si](O)(CCCOCC(O)CO)O[Si](C)(O)c1ccccc1. The second-order valence-electron chi connectivity index (χ2n) is 30.6. The molecule has 0 aromatic heterocycles. The van der Waals surface area contributed by atoms with Crippen LogP contribution in [0.1, 0.15) is 66.2 Å². The smallest absolute Gasteiger partial charge is 0.411 e. The summed E-state index contributed by atoms with van der Waals surface area (Å²) in [7, 11) is -21.2. The van der Waals surface area contributed by atoms with Gasteiger partial charge in [-0.25, -0.2) is 0 Å². The quantitative estimate of drug-likeness (QED) is 0.0196. The summed E-state index contributed by atoms with van der Waals surface area (Å²) in [6, 6.07) is 52.2. The van der Waals surface area contributed by atoms with E-state index in [9.17, 15) is 49.2 Å². The maximum absolute atomic E-state index is 11.1. The zero-order valence-corrected chi connectivity index (χ0v) is 84.2. The summed E-state index contributed by atoms with van der Waals surface area (Å²) >= 11 is 0. The molecule has 0 saturated carbocycles. The Labute approximate surface area is 730 Å². The van der Waals surface area contributed by atoms with Gasteiger partial charge in [-0.15, -0.1) is 0 Å². The summed E-state index contributed by atoms with van der Waals surface area (Å²) in [5.41, 5.74) is 0. The van der Waals surface area contributed by atoms with E-state index in [0.29, 0.717) is 87.4 Å². The third-order valence-corrected chi connectivity index (χ3v) is 54.6. The highest BCUT2D eigenvalue weighted by Crippen LogP contribution is 2.30. The Morgan fingerprint density at radius 3 is 0.793 bits per heavy atom. The zero-order valence-electron chi connectivity index (χ0n) is 74.2. The van der Waals surface area contributed by atoms with Crippen LogP contribution in [0.5, 0.6) is 0 Å². The Morgan fingerprint density at radius 1 is 0.289 bits per heavy atom. The topological polar surface area (TPSA) is 462 Å². The normalized spacial score (nSPS) is 17.9. The number of aliphatic hydroxyl groups excluding tert-OH is 10. The first-order valence-corrected chi connectivity index (χ1v) is 64.4. The van der Waals surface area contributed by atoms with Gasteiger partial charge in [0, 0.05) is 74.6 Å². The molecule has 31 nitrogen and oxygen atoms in total. The average Bonchev–Trinajstić information content (AvgIpc) is 0.809. The van der Waals surface area contributed by atoms with Gasteiger partial charge >= 0.3 is 85.9 Å². The minimum atomic E-state index is -3.51. The lowest BCUT2D eigenvalue weighted by Crippen LogP contribution is -2.58. The highest BCUT2D eigenvalue weighted by Gasteiger charge is 2.49. The number of benzene rings is 5. The molecule has 0 fully saturated rings. The molecule has 0 aliphatic heterocycles. The van der Waals surface area contributed by atoms with Crippen molar-refractivity contribution in [1.82, 2.24) is 0 Å². The van der Waals surface area contributed by atoms with Gasteiger partial charge < -0.3 is 146 Å². The van der Waals surface area contributed by atoms with Crippen molar-refractivity contribution in [3.8, 4) is 0 Å². The van der Waals surface area contributed by atoms with E-state index in [2.05, 4.69) is 20.8 Å². The Bertz CT molecular complexity index is 3240. The first-order chi connectivity index (χ1) is 57.2. The van der Waals surface area contributed by atoms with Crippen LogP contribution in [-0.4, -0.2) is 331 Å². The molecule has 0 saturated heterocycles. The highest BCUT2D eigenvalue weighted by atomic mass is 28.5. The molecule has 0 heterocycles. The minimum absolute atomic E-state index is 0.0286. The van der Waals surface area contributed by atoms with Crippen LogP contribution in [0.15, 0.2) is 152 Å². The summed E-state index contributed by atoms with van der Waals surface area (Å²) in [5.74, 6) is 0.388. The molecule has 0 spiro atoms. The molecule has 5 aromatic rings. The van der Waals surface area contributed by atoms with E-state index in [1.165, 1.54) is 7.11 Å². The van der Waals surface area contributed by atoms with E-state index in [1.807, 2.05) is 141 Å². The van der Waals surface area contributed by atoms with Crippen LogP contribution < -0.4 is 25.9 Å². The van der Waals surface area contributed by atoms with Gasteiger partial charge in [-0.2, -0.15) is 0 Å². The molecule has 0 amide bonds. The van der Waals surface area contributed by atoms with Crippen molar-refractivity contribution in [2.75, 3.05) is 135 Å². The van der Waals surface area contributed by atoms with Crippen LogP contribution in [-0.2, 0) is 66.4 Å². The van der Waals surface area contributed by atoms with E-state index in [4.69, 9.17) is 97.0 Å². The molecule has 696 valence electrons. The number of ether oxygens (including phenoxy) is 5. The number of hydrogen-bond acceptors (Lipinski definition) is 31. The Hall–Kier alpha value is -2.97. The lowest BCUT2D eigenvalue weighted by Gasteiger charge is -2.37. The summed E-state index contributed by atoms with van der Waals surface area (Å²) < 4.78 is 85.4. The molecule has 15 atom stereocenters. The van der Waals surface area contributed by atoms with E-state index in [0.717, 1.165) is 51.7 Å². The first kappa shape index (κ1) is 116. The maximum Gasteiger partial charge on any atom is 0.489 e. The first-order valence-electron chi connectivity index (χ1n) is 41.4. The van der Waals surface area contributed by atoms with Crippen LogP contribution in [0.25, 0.3) is 0 Å².